The molecular weight excluding hydrogens is 262 g/mol. The molecule has 0 heterocycles. The fourth-order valence-corrected chi connectivity index (χ4v) is 2.44. The number of amides is 1. The van der Waals surface area contributed by atoms with Crippen LogP contribution < -0.4 is 10.1 Å². The van der Waals surface area contributed by atoms with Gasteiger partial charge in [-0.3, -0.25) is 4.79 Å². The van der Waals surface area contributed by atoms with Crippen LogP contribution in [0.4, 0.5) is 5.69 Å². The fraction of sp³-hybridized carbons (Fsp3) is 0.611. The summed E-state index contributed by atoms with van der Waals surface area (Å²) in [6, 6.07) is 7.71. The lowest BCUT2D eigenvalue weighted by Crippen LogP contribution is -2.27. The first-order chi connectivity index (χ1) is 10.3. The highest BCUT2D eigenvalue weighted by Crippen LogP contribution is 2.27. The Morgan fingerprint density at radius 2 is 1.86 bits per heavy atom. The summed E-state index contributed by atoms with van der Waals surface area (Å²) in [7, 11) is 0. The highest BCUT2D eigenvalue weighted by atomic mass is 16.5. The van der Waals surface area contributed by atoms with Crippen molar-refractivity contribution in [2.24, 2.45) is 5.92 Å². The normalized spacial score (nSPS) is 14.5. The SMILES string of the molecule is CCCCCCCOc1ccc(NC(=O)C2CCC2)cc1. The maximum Gasteiger partial charge on any atom is 0.227 e. The molecule has 0 saturated heterocycles. The molecule has 21 heavy (non-hydrogen) atoms. The van der Waals surface area contributed by atoms with Crippen molar-refractivity contribution in [3.63, 3.8) is 0 Å². The molecule has 1 aliphatic carbocycles. The molecule has 2 rings (SSSR count). The van der Waals surface area contributed by atoms with E-state index in [2.05, 4.69) is 12.2 Å². The van der Waals surface area contributed by atoms with Gasteiger partial charge in [0.15, 0.2) is 0 Å². The second kappa shape index (κ2) is 8.71. The number of rotatable bonds is 9. The first-order valence-corrected chi connectivity index (χ1v) is 8.33. The quantitative estimate of drug-likeness (QED) is 0.665. The van der Waals surface area contributed by atoms with E-state index >= 15 is 0 Å². The highest BCUT2D eigenvalue weighted by Gasteiger charge is 2.24. The fourth-order valence-electron chi connectivity index (χ4n) is 2.44. The maximum atomic E-state index is 11.8. The Morgan fingerprint density at radius 1 is 1.14 bits per heavy atom. The van der Waals surface area contributed by atoms with Gasteiger partial charge in [0.2, 0.25) is 5.91 Å². The standard InChI is InChI=1S/C18H27NO2/c1-2-3-4-5-6-14-21-17-12-10-16(11-13-17)19-18(20)15-8-7-9-15/h10-13,15H,2-9,14H2,1H3,(H,19,20). The van der Waals surface area contributed by atoms with Crippen LogP contribution in [0.3, 0.4) is 0 Å². The van der Waals surface area contributed by atoms with E-state index < -0.39 is 0 Å². The number of anilines is 1. The molecule has 0 bridgehead atoms. The van der Waals surface area contributed by atoms with E-state index in [0.29, 0.717) is 0 Å². The van der Waals surface area contributed by atoms with Crippen molar-refractivity contribution < 1.29 is 9.53 Å². The predicted molar refractivity (Wildman–Crippen MR) is 86.7 cm³/mol. The number of unbranched alkanes of at least 4 members (excludes halogenated alkanes) is 4. The molecule has 1 aromatic carbocycles. The van der Waals surface area contributed by atoms with Crippen LogP contribution in [-0.2, 0) is 4.79 Å². The van der Waals surface area contributed by atoms with Crippen LogP contribution in [-0.4, -0.2) is 12.5 Å². The Kier molecular flexibility index (Phi) is 6.58. The first kappa shape index (κ1) is 15.9. The van der Waals surface area contributed by atoms with Gasteiger partial charge in [-0.15, -0.1) is 0 Å². The molecule has 0 radical (unpaired) electrons. The smallest absolute Gasteiger partial charge is 0.227 e. The van der Waals surface area contributed by atoms with E-state index in [0.717, 1.165) is 37.3 Å². The van der Waals surface area contributed by atoms with Crippen LogP contribution in [0.15, 0.2) is 24.3 Å². The Morgan fingerprint density at radius 3 is 2.48 bits per heavy atom. The maximum absolute atomic E-state index is 11.8. The van der Waals surface area contributed by atoms with E-state index in [4.69, 9.17) is 4.74 Å². The lowest BCUT2D eigenvalue weighted by molar-refractivity contribution is -0.122. The third-order valence-electron chi connectivity index (χ3n) is 4.11. The number of carbonyl (C=O) groups is 1. The minimum Gasteiger partial charge on any atom is -0.494 e. The molecule has 1 aromatic rings. The van der Waals surface area contributed by atoms with Crippen LogP contribution in [0.25, 0.3) is 0 Å². The van der Waals surface area contributed by atoms with E-state index in [1.54, 1.807) is 0 Å². The molecule has 0 atom stereocenters. The Balaban J connectivity index is 1.65. The second-order valence-electron chi connectivity index (χ2n) is 5.90. The van der Waals surface area contributed by atoms with Gasteiger partial charge in [0, 0.05) is 11.6 Å². The van der Waals surface area contributed by atoms with Crippen molar-refractivity contribution in [3.8, 4) is 5.75 Å². The molecule has 0 aromatic heterocycles. The molecule has 0 spiro atoms. The van der Waals surface area contributed by atoms with E-state index in [1.807, 2.05) is 24.3 Å². The third kappa shape index (κ3) is 5.41. The van der Waals surface area contributed by atoms with Gasteiger partial charge in [0.05, 0.1) is 6.61 Å². The van der Waals surface area contributed by atoms with Gasteiger partial charge in [-0.05, 0) is 43.5 Å². The van der Waals surface area contributed by atoms with Gasteiger partial charge in [-0.25, -0.2) is 0 Å². The van der Waals surface area contributed by atoms with Crippen molar-refractivity contribution in [2.45, 2.75) is 58.3 Å². The highest BCUT2D eigenvalue weighted by molar-refractivity contribution is 5.93. The number of nitrogens with one attached hydrogen (secondary N) is 1. The molecule has 1 amide bonds. The molecule has 3 heteroatoms. The number of carbonyl (C=O) groups excluding carboxylic acids is 1. The number of hydrogen-bond donors (Lipinski definition) is 1. The predicted octanol–water partition coefficient (Wildman–Crippen LogP) is 4.77. The molecule has 1 fully saturated rings. The van der Waals surface area contributed by atoms with Crippen LogP contribution in [0, 0.1) is 5.92 Å². The minimum atomic E-state index is 0.158. The van der Waals surface area contributed by atoms with Gasteiger partial charge in [-0.1, -0.05) is 39.0 Å². The van der Waals surface area contributed by atoms with Crippen LogP contribution >= 0.6 is 0 Å². The summed E-state index contributed by atoms with van der Waals surface area (Å²) >= 11 is 0. The average molecular weight is 289 g/mol. The zero-order valence-corrected chi connectivity index (χ0v) is 13.1. The van der Waals surface area contributed by atoms with Gasteiger partial charge in [-0.2, -0.15) is 0 Å². The molecule has 1 saturated carbocycles. The second-order valence-corrected chi connectivity index (χ2v) is 5.90. The average Bonchev–Trinajstić information content (AvgIpc) is 2.42. The molecule has 1 aliphatic rings. The molecular formula is C18H27NO2. The molecule has 116 valence electrons. The monoisotopic (exact) mass is 289 g/mol. The zero-order chi connectivity index (χ0) is 14.9. The summed E-state index contributed by atoms with van der Waals surface area (Å²) in [5.74, 6) is 1.27. The Bertz CT molecular complexity index is 423. The zero-order valence-electron chi connectivity index (χ0n) is 13.1. The van der Waals surface area contributed by atoms with Gasteiger partial charge in [0.25, 0.3) is 0 Å². The number of ether oxygens (including phenoxy) is 1. The summed E-state index contributed by atoms with van der Waals surface area (Å²) in [4.78, 5) is 11.8. The van der Waals surface area contributed by atoms with Crippen molar-refractivity contribution in [3.05, 3.63) is 24.3 Å². The number of hydrogen-bond acceptors (Lipinski definition) is 2. The topological polar surface area (TPSA) is 38.3 Å². The van der Waals surface area contributed by atoms with Gasteiger partial charge in [0.1, 0.15) is 5.75 Å². The van der Waals surface area contributed by atoms with Gasteiger partial charge >= 0.3 is 0 Å². The molecule has 3 nitrogen and oxygen atoms in total. The number of benzene rings is 1. The third-order valence-corrected chi connectivity index (χ3v) is 4.11. The van der Waals surface area contributed by atoms with Crippen LogP contribution in [0.2, 0.25) is 0 Å². The minimum absolute atomic E-state index is 0.158. The van der Waals surface area contributed by atoms with Crippen LogP contribution in [0.5, 0.6) is 5.75 Å². The van der Waals surface area contributed by atoms with Crippen molar-refractivity contribution in [1.29, 1.82) is 0 Å². The van der Waals surface area contributed by atoms with Crippen molar-refractivity contribution in [1.82, 2.24) is 0 Å². The molecule has 1 N–H and O–H groups in total. The lowest BCUT2D eigenvalue weighted by atomic mass is 9.85. The molecule has 0 unspecified atom stereocenters. The van der Waals surface area contributed by atoms with E-state index in [1.165, 1.54) is 32.1 Å². The molecule has 0 aliphatic heterocycles. The summed E-state index contributed by atoms with van der Waals surface area (Å²) in [5, 5.41) is 2.97. The Labute approximate surface area is 128 Å². The summed E-state index contributed by atoms with van der Waals surface area (Å²) in [6.07, 6.45) is 9.49. The Hall–Kier alpha value is -1.51. The van der Waals surface area contributed by atoms with Crippen molar-refractivity contribution in [2.75, 3.05) is 11.9 Å². The largest absolute Gasteiger partial charge is 0.494 e. The van der Waals surface area contributed by atoms with Crippen LogP contribution in [0.1, 0.15) is 58.3 Å². The van der Waals surface area contributed by atoms with E-state index in [9.17, 15) is 4.79 Å². The van der Waals surface area contributed by atoms with Crippen molar-refractivity contribution >= 4 is 11.6 Å². The lowest BCUT2D eigenvalue weighted by Gasteiger charge is -2.24. The summed E-state index contributed by atoms with van der Waals surface area (Å²) in [5.41, 5.74) is 0.863. The summed E-state index contributed by atoms with van der Waals surface area (Å²) in [6.45, 7) is 3.00. The first-order valence-electron chi connectivity index (χ1n) is 8.33. The van der Waals surface area contributed by atoms with Gasteiger partial charge < -0.3 is 10.1 Å². The van der Waals surface area contributed by atoms with E-state index in [-0.39, 0.29) is 11.8 Å². The summed E-state index contributed by atoms with van der Waals surface area (Å²) < 4.78 is 5.71.